The van der Waals surface area contributed by atoms with E-state index in [2.05, 4.69) is 0 Å². The van der Waals surface area contributed by atoms with Crippen LogP contribution in [0.2, 0.25) is 5.02 Å². The van der Waals surface area contributed by atoms with E-state index in [1.165, 1.54) is 0 Å². The first-order valence-electron chi connectivity index (χ1n) is 4.78. The molecular weight excluding hydrogens is 216 g/mol. The maximum atomic E-state index is 9.72. The maximum Gasteiger partial charge on any atom is 0.137 e. The van der Waals surface area contributed by atoms with E-state index >= 15 is 0 Å². The highest BCUT2D eigenvalue weighted by molar-refractivity contribution is 6.32. The van der Waals surface area contributed by atoms with E-state index in [4.69, 9.17) is 21.1 Å². The molecule has 1 aromatic rings. The highest BCUT2D eigenvalue weighted by Crippen LogP contribution is 2.27. The van der Waals surface area contributed by atoms with Crippen molar-refractivity contribution in [3.8, 4) is 5.75 Å². The van der Waals surface area contributed by atoms with Crippen molar-refractivity contribution in [3.63, 3.8) is 0 Å². The van der Waals surface area contributed by atoms with Crippen molar-refractivity contribution in [2.75, 3.05) is 20.3 Å². The number of aliphatic hydroxyl groups excluding tert-OH is 1. The third-order valence-electron chi connectivity index (χ3n) is 2.04. The second kappa shape index (κ2) is 5.95. The molecule has 0 aromatic heterocycles. The van der Waals surface area contributed by atoms with Crippen molar-refractivity contribution in [3.05, 3.63) is 28.8 Å². The van der Waals surface area contributed by atoms with Crippen molar-refractivity contribution in [1.29, 1.82) is 0 Å². The molecule has 1 aromatic carbocycles. The van der Waals surface area contributed by atoms with Crippen molar-refractivity contribution >= 4 is 11.6 Å². The lowest BCUT2D eigenvalue weighted by molar-refractivity contribution is 0.0420. The Balaban J connectivity index is 2.73. The van der Waals surface area contributed by atoms with Crippen LogP contribution in [0.1, 0.15) is 18.6 Å². The van der Waals surface area contributed by atoms with Crippen LogP contribution in [0, 0.1) is 0 Å². The fourth-order valence-electron chi connectivity index (χ4n) is 1.22. The number of halogens is 1. The highest BCUT2D eigenvalue weighted by Gasteiger charge is 2.09. The van der Waals surface area contributed by atoms with Crippen LogP contribution in [0.15, 0.2) is 18.2 Å². The Bertz CT molecular complexity index is 315. The van der Waals surface area contributed by atoms with E-state index in [9.17, 15) is 5.11 Å². The van der Waals surface area contributed by atoms with Gasteiger partial charge < -0.3 is 14.6 Å². The molecule has 0 fully saturated rings. The van der Waals surface area contributed by atoms with Gasteiger partial charge in [0.15, 0.2) is 0 Å². The van der Waals surface area contributed by atoms with Gasteiger partial charge in [0.1, 0.15) is 11.9 Å². The van der Waals surface area contributed by atoms with E-state index < -0.39 is 6.10 Å². The normalized spacial score (nSPS) is 12.5. The quantitative estimate of drug-likeness (QED) is 0.845. The molecule has 0 saturated carbocycles. The van der Waals surface area contributed by atoms with Gasteiger partial charge in [0.25, 0.3) is 0 Å². The van der Waals surface area contributed by atoms with Crippen molar-refractivity contribution < 1.29 is 14.6 Å². The average molecular weight is 231 g/mol. The molecule has 1 rings (SSSR count). The van der Waals surface area contributed by atoms with Gasteiger partial charge in [-0.1, -0.05) is 17.7 Å². The number of hydrogen-bond acceptors (Lipinski definition) is 3. The molecule has 4 heteroatoms. The van der Waals surface area contributed by atoms with E-state index in [1.54, 1.807) is 25.3 Å². The number of rotatable bonds is 5. The van der Waals surface area contributed by atoms with Gasteiger partial charge in [-0.2, -0.15) is 0 Å². The molecule has 15 heavy (non-hydrogen) atoms. The number of ether oxygens (including phenoxy) is 2. The van der Waals surface area contributed by atoms with Crippen molar-refractivity contribution in [2.45, 2.75) is 13.0 Å². The van der Waals surface area contributed by atoms with Crippen LogP contribution >= 0.6 is 11.6 Å². The molecule has 0 aliphatic heterocycles. The number of hydrogen-bond donors (Lipinski definition) is 1. The molecular formula is C11H15ClO3. The topological polar surface area (TPSA) is 38.7 Å². The predicted octanol–water partition coefficient (Wildman–Crippen LogP) is 2.42. The summed E-state index contributed by atoms with van der Waals surface area (Å²) in [7, 11) is 1.55. The third kappa shape index (κ3) is 3.38. The van der Waals surface area contributed by atoms with Gasteiger partial charge in [-0.15, -0.1) is 0 Å². The number of benzene rings is 1. The lowest BCUT2D eigenvalue weighted by Gasteiger charge is -2.12. The zero-order valence-corrected chi connectivity index (χ0v) is 9.62. The Morgan fingerprint density at radius 1 is 1.47 bits per heavy atom. The molecule has 1 atom stereocenters. The minimum atomic E-state index is -0.645. The second-order valence-corrected chi connectivity index (χ2v) is 3.48. The summed E-state index contributed by atoms with van der Waals surface area (Å²) < 4.78 is 10.1. The maximum absolute atomic E-state index is 9.72. The third-order valence-corrected chi connectivity index (χ3v) is 2.34. The van der Waals surface area contributed by atoms with Crippen LogP contribution in [0.4, 0.5) is 0 Å². The summed E-state index contributed by atoms with van der Waals surface area (Å²) in [5, 5.41) is 10.2. The molecule has 3 nitrogen and oxygen atoms in total. The lowest BCUT2D eigenvalue weighted by Crippen LogP contribution is -2.07. The molecule has 84 valence electrons. The summed E-state index contributed by atoms with van der Waals surface area (Å²) in [6.45, 7) is 2.74. The van der Waals surface area contributed by atoms with Crippen LogP contribution in [-0.2, 0) is 4.74 Å². The summed E-state index contributed by atoms with van der Waals surface area (Å²) in [4.78, 5) is 0. The van der Waals surface area contributed by atoms with Gasteiger partial charge in [-0.25, -0.2) is 0 Å². The monoisotopic (exact) mass is 230 g/mol. The zero-order valence-electron chi connectivity index (χ0n) is 8.87. The smallest absolute Gasteiger partial charge is 0.137 e. The van der Waals surface area contributed by atoms with E-state index in [0.29, 0.717) is 17.4 Å². The molecule has 1 N–H and O–H groups in total. The molecule has 0 bridgehead atoms. The molecule has 1 unspecified atom stereocenters. The Morgan fingerprint density at radius 2 is 2.20 bits per heavy atom. The summed E-state index contributed by atoms with van der Waals surface area (Å²) in [5.41, 5.74) is 0.731. The molecule has 0 radical (unpaired) electrons. The highest BCUT2D eigenvalue weighted by atomic mass is 35.5. The second-order valence-electron chi connectivity index (χ2n) is 3.07. The van der Waals surface area contributed by atoms with Crippen molar-refractivity contribution in [1.82, 2.24) is 0 Å². The first-order valence-corrected chi connectivity index (χ1v) is 5.16. The van der Waals surface area contributed by atoms with Crippen LogP contribution in [0.25, 0.3) is 0 Å². The average Bonchev–Trinajstić information content (AvgIpc) is 2.25. The molecule has 0 aliphatic rings. The number of aliphatic hydroxyl groups is 1. The van der Waals surface area contributed by atoms with Gasteiger partial charge in [-0.05, 0) is 24.6 Å². The van der Waals surface area contributed by atoms with Crippen LogP contribution in [0.3, 0.4) is 0 Å². The predicted molar refractivity (Wildman–Crippen MR) is 59.5 cm³/mol. The number of methoxy groups -OCH3 is 1. The van der Waals surface area contributed by atoms with E-state index in [0.717, 1.165) is 5.56 Å². The Hall–Kier alpha value is -0.770. The van der Waals surface area contributed by atoms with E-state index in [-0.39, 0.29) is 6.61 Å². The lowest BCUT2D eigenvalue weighted by atomic mass is 10.1. The standard InChI is InChI=1S/C11H15ClO3/c1-3-15-7-10(13)8-4-5-11(14-2)9(12)6-8/h4-6,10,13H,3,7H2,1-2H3. The van der Waals surface area contributed by atoms with Crippen molar-refractivity contribution in [2.24, 2.45) is 0 Å². The minimum Gasteiger partial charge on any atom is -0.495 e. The minimum absolute atomic E-state index is 0.277. The van der Waals surface area contributed by atoms with Gasteiger partial charge in [0, 0.05) is 6.61 Å². The molecule has 0 heterocycles. The molecule has 0 amide bonds. The SMILES string of the molecule is CCOCC(O)c1ccc(OC)c(Cl)c1. The van der Waals surface area contributed by atoms with Gasteiger partial charge in [0.05, 0.1) is 18.7 Å². The molecule has 0 saturated heterocycles. The summed E-state index contributed by atoms with van der Waals surface area (Å²) in [6.07, 6.45) is -0.645. The zero-order chi connectivity index (χ0) is 11.3. The first-order chi connectivity index (χ1) is 7.19. The Morgan fingerprint density at radius 3 is 2.73 bits per heavy atom. The Kier molecular flexibility index (Phi) is 4.88. The summed E-state index contributed by atoms with van der Waals surface area (Å²) in [6, 6.07) is 5.19. The van der Waals surface area contributed by atoms with Crippen LogP contribution in [0.5, 0.6) is 5.75 Å². The van der Waals surface area contributed by atoms with Crippen LogP contribution < -0.4 is 4.74 Å². The molecule has 0 aliphatic carbocycles. The van der Waals surface area contributed by atoms with Crippen LogP contribution in [-0.4, -0.2) is 25.4 Å². The molecule has 0 spiro atoms. The summed E-state index contributed by atoms with van der Waals surface area (Å²) in [5.74, 6) is 0.601. The van der Waals surface area contributed by atoms with Gasteiger partial charge >= 0.3 is 0 Å². The van der Waals surface area contributed by atoms with Gasteiger partial charge in [0.2, 0.25) is 0 Å². The Labute approximate surface area is 94.6 Å². The van der Waals surface area contributed by atoms with E-state index in [1.807, 2.05) is 6.92 Å². The largest absolute Gasteiger partial charge is 0.495 e. The summed E-state index contributed by atoms with van der Waals surface area (Å²) >= 11 is 5.93. The van der Waals surface area contributed by atoms with Gasteiger partial charge in [-0.3, -0.25) is 0 Å². The fraction of sp³-hybridized carbons (Fsp3) is 0.455. The fourth-order valence-corrected chi connectivity index (χ4v) is 1.48. The first kappa shape index (κ1) is 12.3.